The molecule has 1 N–H and O–H groups in total. The summed E-state index contributed by atoms with van der Waals surface area (Å²) in [5.41, 5.74) is 1.02. The van der Waals surface area contributed by atoms with Crippen LogP contribution >= 0.6 is 11.6 Å². The summed E-state index contributed by atoms with van der Waals surface area (Å²) in [5, 5.41) is 4.22. The molecule has 7 heteroatoms. The van der Waals surface area contributed by atoms with E-state index < -0.39 is 0 Å². The third-order valence-electron chi connectivity index (χ3n) is 7.62. The van der Waals surface area contributed by atoms with E-state index in [9.17, 15) is 4.79 Å². The molecule has 4 aliphatic rings. The molecule has 0 spiro atoms. The zero-order valence-electron chi connectivity index (χ0n) is 18.3. The minimum atomic E-state index is 0.258. The highest BCUT2D eigenvalue weighted by Gasteiger charge is 2.38. The van der Waals surface area contributed by atoms with Crippen molar-refractivity contribution in [3.05, 3.63) is 22.7 Å². The van der Waals surface area contributed by atoms with Gasteiger partial charge in [-0.25, -0.2) is 0 Å². The fourth-order valence-electron chi connectivity index (χ4n) is 5.97. The number of benzene rings is 1. The van der Waals surface area contributed by atoms with Gasteiger partial charge < -0.3 is 24.6 Å². The Morgan fingerprint density at radius 3 is 2.81 bits per heavy atom. The summed E-state index contributed by atoms with van der Waals surface area (Å²) in [5.74, 6) is 2.49. The van der Waals surface area contributed by atoms with Gasteiger partial charge in [-0.05, 0) is 75.7 Å². The average Bonchev–Trinajstić information content (AvgIpc) is 3.38. The number of nitrogens with one attached hydrogen (secondary N) is 1. The van der Waals surface area contributed by atoms with E-state index in [0.717, 1.165) is 37.2 Å². The topological polar surface area (TPSA) is 54.0 Å². The Hall–Kier alpha value is -1.50. The van der Waals surface area contributed by atoms with Crippen LogP contribution in [-0.4, -0.2) is 60.8 Å². The second-order valence-electron chi connectivity index (χ2n) is 9.50. The lowest BCUT2D eigenvalue weighted by atomic mass is 9.83. The van der Waals surface area contributed by atoms with Crippen LogP contribution in [0.4, 0.5) is 0 Å². The summed E-state index contributed by atoms with van der Waals surface area (Å²) < 4.78 is 10.8. The fourth-order valence-corrected chi connectivity index (χ4v) is 6.19. The molecule has 31 heavy (non-hydrogen) atoms. The quantitative estimate of drug-likeness (QED) is 0.644. The van der Waals surface area contributed by atoms with Gasteiger partial charge in [0.15, 0.2) is 11.5 Å². The molecule has 1 aromatic rings. The molecule has 3 saturated heterocycles. The molecule has 0 bridgehead atoms. The van der Waals surface area contributed by atoms with Crippen molar-refractivity contribution in [2.45, 2.75) is 70.0 Å². The van der Waals surface area contributed by atoms with E-state index >= 15 is 0 Å². The van der Waals surface area contributed by atoms with E-state index in [2.05, 4.69) is 15.1 Å². The number of fused-ring (bicyclic) bond motifs is 2. The number of carbonyl (C=O) groups excluding carboxylic acids is 1. The van der Waals surface area contributed by atoms with E-state index in [-0.39, 0.29) is 6.79 Å². The minimum absolute atomic E-state index is 0.258. The molecule has 3 fully saturated rings. The zero-order valence-corrected chi connectivity index (χ0v) is 19.0. The maximum absolute atomic E-state index is 12.7. The smallest absolute Gasteiger partial charge is 0.231 e. The van der Waals surface area contributed by atoms with Gasteiger partial charge in [-0.1, -0.05) is 18.0 Å². The molecule has 5 rings (SSSR count). The first-order valence-corrected chi connectivity index (χ1v) is 12.4. The van der Waals surface area contributed by atoms with Crippen LogP contribution in [0.1, 0.15) is 56.9 Å². The van der Waals surface area contributed by atoms with Gasteiger partial charge in [-0.15, -0.1) is 0 Å². The van der Waals surface area contributed by atoms with Gasteiger partial charge in [0, 0.05) is 42.7 Å². The Kier molecular flexibility index (Phi) is 6.58. The molecule has 0 radical (unpaired) electrons. The summed E-state index contributed by atoms with van der Waals surface area (Å²) in [6, 6.07) is 4.85. The van der Waals surface area contributed by atoms with Crippen LogP contribution in [0.15, 0.2) is 12.1 Å². The Bertz CT molecular complexity index is 803. The average molecular weight is 448 g/mol. The lowest BCUT2D eigenvalue weighted by Crippen LogP contribution is -2.52. The lowest BCUT2D eigenvalue weighted by Gasteiger charge is -2.46. The summed E-state index contributed by atoms with van der Waals surface area (Å²) in [4.78, 5) is 17.6. The van der Waals surface area contributed by atoms with Gasteiger partial charge in [-0.3, -0.25) is 4.79 Å². The van der Waals surface area contributed by atoms with Crippen LogP contribution < -0.4 is 14.8 Å². The van der Waals surface area contributed by atoms with Crippen LogP contribution in [0.5, 0.6) is 11.5 Å². The van der Waals surface area contributed by atoms with Crippen molar-refractivity contribution in [2.75, 3.05) is 33.0 Å². The monoisotopic (exact) mass is 447 g/mol. The van der Waals surface area contributed by atoms with Gasteiger partial charge in [0.25, 0.3) is 0 Å². The predicted octanol–water partition coefficient (Wildman–Crippen LogP) is 3.80. The van der Waals surface area contributed by atoms with Crippen LogP contribution in [0.2, 0.25) is 5.02 Å². The summed E-state index contributed by atoms with van der Waals surface area (Å²) in [6.07, 6.45) is 9.26. The highest BCUT2D eigenvalue weighted by molar-refractivity contribution is 6.31. The molecule has 3 atom stereocenters. The van der Waals surface area contributed by atoms with Gasteiger partial charge in [-0.2, -0.15) is 0 Å². The lowest BCUT2D eigenvalue weighted by molar-refractivity contribution is -0.130. The molecule has 0 saturated carbocycles. The molecule has 1 unspecified atom stereocenters. The number of ether oxygens (including phenoxy) is 2. The third-order valence-corrected chi connectivity index (χ3v) is 7.98. The van der Waals surface area contributed by atoms with Crippen molar-refractivity contribution < 1.29 is 14.3 Å². The maximum Gasteiger partial charge on any atom is 0.231 e. The van der Waals surface area contributed by atoms with E-state index in [1.807, 2.05) is 12.1 Å². The van der Waals surface area contributed by atoms with Crippen LogP contribution in [0.25, 0.3) is 0 Å². The second kappa shape index (κ2) is 9.55. The number of likely N-dealkylation sites (tertiary alicyclic amines) is 1. The molecule has 0 aliphatic carbocycles. The molecule has 170 valence electrons. The van der Waals surface area contributed by atoms with Crippen molar-refractivity contribution in [2.24, 2.45) is 5.92 Å². The Morgan fingerprint density at radius 1 is 1.06 bits per heavy atom. The van der Waals surface area contributed by atoms with Crippen LogP contribution in [-0.2, 0) is 11.3 Å². The van der Waals surface area contributed by atoms with E-state index in [1.165, 1.54) is 45.2 Å². The highest BCUT2D eigenvalue weighted by atomic mass is 35.5. The van der Waals surface area contributed by atoms with Crippen LogP contribution in [0.3, 0.4) is 0 Å². The first kappa shape index (κ1) is 21.4. The van der Waals surface area contributed by atoms with Crippen molar-refractivity contribution in [3.63, 3.8) is 0 Å². The molecule has 0 aromatic heterocycles. The SMILES string of the molecule is O=C1CCC(CCNCc2cc3c(cc2Cl)OCO3)N1C[C@@H]1CCCN2CCCC[C@H]12. The van der Waals surface area contributed by atoms with Gasteiger partial charge in [0.05, 0.1) is 0 Å². The summed E-state index contributed by atoms with van der Waals surface area (Å²) in [6.45, 7) is 5.29. The van der Waals surface area contributed by atoms with Crippen molar-refractivity contribution >= 4 is 17.5 Å². The Labute approximate surface area is 190 Å². The first-order chi connectivity index (χ1) is 15.2. The number of hydrogen-bond acceptors (Lipinski definition) is 5. The van der Waals surface area contributed by atoms with E-state index in [0.29, 0.717) is 47.6 Å². The molecule has 4 heterocycles. The van der Waals surface area contributed by atoms with Gasteiger partial charge in [0.2, 0.25) is 12.7 Å². The first-order valence-electron chi connectivity index (χ1n) is 12.0. The fraction of sp³-hybridized carbons (Fsp3) is 0.708. The Morgan fingerprint density at radius 2 is 1.90 bits per heavy atom. The number of nitrogens with zero attached hydrogens (tertiary/aromatic N) is 2. The van der Waals surface area contributed by atoms with Crippen molar-refractivity contribution in [3.8, 4) is 11.5 Å². The predicted molar refractivity (Wildman–Crippen MR) is 121 cm³/mol. The zero-order chi connectivity index (χ0) is 21.2. The largest absolute Gasteiger partial charge is 0.454 e. The van der Waals surface area contributed by atoms with Crippen LogP contribution in [0, 0.1) is 5.92 Å². The van der Waals surface area contributed by atoms with Crippen molar-refractivity contribution in [1.29, 1.82) is 0 Å². The number of carbonyl (C=O) groups is 1. The summed E-state index contributed by atoms with van der Waals surface area (Å²) >= 11 is 6.39. The number of hydrogen-bond donors (Lipinski definition) is 1. The standard InChI is InChI=1S/C24H34ClN3O3/c25-20-13-23-22(30-16-31-23)12-18(20)14-26-9-8-19-6-7-24(29)28(19)15-17-4-3-11-27-10-2-1-5-21(17)27/h12-13,17,19,21,26H,1-11,14-16H2/t17-,19?,21+/m0/s1. The second-order valence-corrected chi connectivity index (χ2v) is 9.91. The normalized spacial score (nSPS) is 28.2. The van der Waals surface area contributed by atoms with Crippen molar-refractivity contribution in [1.82, 2.24) is 15.1 Å². The van der Waals surface area contributed by atoms with Gasteiger partial charge >= 0.3 is 0 Å². The third kappa shape index (κ3) is 4.67. The van der Waals surface area contributed by atoms with E-state index in [1.54, 1.807) is 0 Å². The molecule has 1 aromatic carbocycles. The Balaban J connectivity index is 1.13. The highest BCUT2D eigenvalue weighted by Crippen LogP contribution is 2.37. The van der Waals surface area contributed by atoms with E-state index in [4.69, 9.17) is 21.1 Å². The number of amides is 1. The number of rotatable bonds is 7. The number of halogens is 1. The maximum atomic E-state index is 12.7. The molecular formula is C24H34ClN3O3. The summed E-state index contributed by atoms with van der Waals surface area (Å²) in [7, 11) is 0. The minimum Gasteiger partial charge on any atom is -0.454 e. The molecule has 6 nitrogen and oxygen atoms in total. The molecule has 1 amide bonds. The van der Waals surface area contributed by atoms with Gasteiger partial charge in [0.1, 0.15) is 0 Å². The number of piperidine rings is 2. The molecule has 4 aliphatic heterocycles. The molecular weight excluding hydrogens is 414 g/mol.